The molecule has 100 valence electrons. The molecule has 0 bridgehead atoms. The van der Waals surface area contributed by atoms with Crippen molar-refractivity contribution in [3.05, 3.63) is 58.9 Å². The fourth-order valence-electron chi connectivity index (χ4n) is 2.07. The lowest BCUT2D eigenvalue weighted by Crippen LogP contribution is -2.16. The Morgan fingerprint density at radius 1 is 1.16 bits per heavy atom. The molecule has 4 heteroatoms. The maximum atomic E-state index is 13.8. The minimum absolute atomic E-state index is 0.240. The van der Waals surface area contributed by atoms with Gasteiger partial charge in [0.05, 0.1) is 5.69 Å². The van der Waals surface area contributed by atoms with Crippen LogP contribution in [-0.2, 0) is 6.54 Å². The predicted molar refractivity (Wildman–Crippen MR) is 78.7 cm³/mol. The molecule has 0 unspecified atom stereocenters. The first-order valence-corrected chi connectivity index (χ1v) is 6.42. The van der Waals surface area contributed by atoms with Crippen molar-refractivity contribution in [1.29, 1.82) is 0 Å². The second-order valence-electron chi connectivity index (χ2n) is 4.31. The Balaban J connectivity index is 2.43. The number of halogens is 2. The number of rotatable bonds is 4. The van der Waals surface area contributed by atoms with Crippen LogP contribution in [0.3, 0.4) is 0 Å². The van der Waals surface area contributed by atoms with Crippen molar-refractivity contribution < 1.29 is 4.39 Å². The maximum absolute atomic E-state index is 13.8. The van der Waals surface area contributed by atoms with E-state index in [1.807, 2.05) is 43.3 Å². The van der Waals surface area contributed by atoms with Crippen LogP contribution in [0, 0.1) is 5.82 Å². The smallest absolute Gasteiger partial charge is 0.146 e. The topological polar surface area (TPSA) is 15.3 Å². The lowest BCUT2D eigenvalue weighted by Gasteiger charge is -2.23. The second-order valence-corrected chi connectivity index (χ2v) is 4.75. The number of benzene rings is 2. The van der Waals surface area contributed by atoms with E-state index in [-0.39, 0.29) is 5.82 Å². The van der Waals surface area contributed by atoms with Crippen molar-refractivity contribution in [3.63, 3.8) is 0 Å². The fourth-order valence-corrected chi connectivity index (χ4v) is 2.26. The van der Waals surface area contributed by atoms with Crippen LogP contribution in [0.2, 0.25) is 5.02 Å². The van der Waals surface area contributed by atoms with E-state index in [0.717, 1.165) is 11.3 Å². The van der Waals surface area contributed by atoms with E-state index in [4.69, 9.17) is 11.6 Å². The molecule has 0 amide bonds. The van der Waals surface area contributed by atoms with Gasteiger partial charge in [0.15, 0.2) is 0 Å². The van der Waals surface area contributed by atoms with Crippen LogP contribution in [-0.4, -0.2) is 14.1 Å². The lowest BCUT2D eigenvalue weighted by atomic mass is 10.1. The third-order valence-corrected chi connectivity index (χ3v) is 3.22. The van der Waals surface area contributed by atoms with Gasteiger partial charge in [-0.25, -0.2) is 4.39 Å². The third-order valence-electron chi connectivity index (χ3n) is 2.98. The summed E-state index contributed by atoms with van der Waals surface area (Å²) in [5.74, 6) is -0.240. The van der Waals surface area contributed by atoms with E-state index in [9.17, 15) is 4.39 Å². The van der Waals surface area contributed by atoms with Crippen LogP contribution in [0.15, 0.2) is 42.5 Å². The molecule has 0 saturated carbocycles. The first-order valence-electron chi connectivity index (χ1n) is 6.04. The van der Waals surface area contributed by atoms with Gasteiger partial charge in [-0.05, 0) is 42.9 Å². The van der Waals surface area contributed by atoms with Gasteiger partial charge in [0.1, 0.15) is 5.82 Å². The fraction of sp³-hybridized carbons (Fsp3) is 0.200. The number of anilines is 2. The summed E-state index contributed by atoms with van der Waals surface area (Å²) in [7, 11) is 3.72. The molecule has 0 heterocycles. The molecule has 0 aliphatic rings. The number of hydrogen-bond acceptors (Lipinski definition) is 2. The molecular weight excluding hydrogens is 263 g/mol. The number of hydrogen-bond donors (Lipinski definition) is 1. The summed E-state index contributed by atoms with van der Waals surface area (Å²) in [6, 6.07) is 12.3. The molecule has 2 nitrogen and oxygen atoms in total. The Bertz CT molecular complexity index is 572. The molecule has 0 saturated heterocycles. The second kappa shape index (κ2) is 6.04. The Morgan fingerprint density at radius 2 is 1.89 bits per heavy atom. The van der Waals surface area contributed by atoms with E-state index in [1.165, 1.54) is 6.07 Å². The van der Waals surface area contributed by atoms with Crippen LogP contribution >= 0.6 is 11.6 Å². The van der Waals surface area contributed by atoms with Crippen LogP contribution in [0.1, 0.15) is 5.56 Å². The van der Waals surface area contributed by atoms with Gasteiger partial charge in [0.25, 0.3) is 0 Å². The third kappa shape index (κ3) is 3.06. The Morgan fingerprint density at radius 3 is 2.58 bits per heavy atom. The van der Waals surface area contributed by atoms with Crippen LogP contribution in [0.4, 0.5) is 15.8 Å². The highest BCUT2D eigenvalue weighted by Crippen LogP contribution is 2.30. The minimum atomic E-state index is -0.240. The highest BCUT2D eigenvalue weighted by Gasteiger charge is 2.12. The molecule has 19 heavy (non-hydrogen) atoms. The summed E-state index contributed by atoms with van der Waals surface area (Å²) in [5.41, 5.74) is 2.51. The standard InChI is InChI=1S/C15H16ClFN2/c1-18-10-11-9-12(16)7-8-14(11)19(2)15-6-4-3-5-13(15)17/h3-9,18H,10H2,1-2H3. The molecule has 1 N–H and O–H groups in total. The van der Waals surface area contributed by atoms with Crippen molar-refractivity contribution in [1.82, 2.24) is 5.32 Å². The highest BCUT2D eigenvalue weighted by atomic mass is 35.5. The van der Waals surface area contributed by atoms with Crippen LogP contribution < -0.4 is 10.2 Å². The molecule has 0 aromatic heterocycles. The summed E-state index contributed by atoms with van der Waals surface area (Å²) in [6.45, 7) is 0.675. The van der Waals surface area contributed by atoms with E-state index in [1.54, 1.807) is 12.1 Å². The average Bonchev–Trinajstić information content (AvgIpc) is 2.39. The summed E-state index contributed by atoms with van der Waals surface area (Å²) in [4.78, 5) is 1.83. The Kier molecular flexibility index (Phi) is 4.40. The molecule has 0 aliphatic heterocycles. The van der Waals surface area contributed by atoms with Crippen molar-refractivity contribution >= 4 is 23.0 Å². The Hall–Kier alpha value is -1.58. The zero-order chi connectivity index (χ0) is 13.8. The predicted octanol–water partition coefficient (Wildman–Crippen LogP) is 3.97. The van der Waals surface area contributed by atoms with E-state index in [0.29, 0.717) is 17.3 Å². The zero-order valence-corrected chi connectivity index (χ0v) is 11.7. The van der Waals surface area contributed by atoms with Gasteiger partial charge in [0, 0.05) is 24.3 Å². The Labute approximate surface area is 117 Å². The molecule has 0 radical (unpaired) electrons. The molecule has 0 fully saturated rings. The average molecular weight is 279 g/mol. The molecule has 0 spiro atoms. The van der Waals surface area contributed by atoms with E-state index in [2.05, 4.69) is 5.32 Å². The first kappa shape index (κ1) is 13.8. The minimum Gasteiger partial charge on any atom is -0.342 e. The normalized spacial score (nSPS) is 10.5. The van der Waals surface area contributed by atoms with E-state index < -0.39 is 0 Å². The van der Waals surface area contributed by atoms with E-state index >= 15 is 0 Å². The molecular formula is C15H16ClFN2. The number of para-hydroxylation sites is 1. The quantitative estimate of drug-likeness (QED) is 0.910. The monoisotopic (exact) mass is 278 g/mol. The van der Waals surface area contributed by atoms with Crippen molar-refractivity contribution in [2.75, 3.05) is 19.0 Å². The van der Waals surface area contributed by atoms with Crippen LogP contribution in [0.5, 0.6) is 0 Å². The molecule has 0 atom stereocenters. The van der Waals surface area contributed by atoms with Gasteiger partial charge in [0.2, 0.25) is 0 Å². The van der Waals surface area contributed by atoms with Gasteiger partial charge in [-0.1, -0.05) is 23.7 Å². The lowest BCUT2D eigenvalue weighted by molar-refractivity contribution is 0.627. The molecule has 2 aromatic rings. The van der Waals surface area contributed by atoms with Crippen molar-refractivity contribution in [2.45, 2.75) is 6.54 Å². The molecule has 2 rings (SSSR count). The molecule has 2 aromatic carbocycles. The van der Waals surface area contributed by atoms with Gasteiger partial charge < -0.3 is 10.2 Å². The van der Waals surface area contributed by atoms with Crippen molar-refractivity contribution in [2.24, 2.45) is 0 Å². The highest BCUT2D eigenvalue weighted by molar-refractivity contribution is 6.30. The summed E-state index contributed by atoms with van der Waals surface area (Å²) in [5, 5.41) is 3.77. The maximum Gasteiger partial charge on any atom is 0.146 e. The SMILES string of the molecule is CNCc1cc(Cl)ccc1N(C)c1ccccc1F. The first-order chi connectivity index (χ1) is 9.13. The van der Waals surface area contributed by atoms with Gasteiger partial charge in [-0.15, -0.1) is 0 Å². The number of nitrogens with zero attached hydrogens (tertiary/aromatic N) is 1. The van der Waals surface area contributed by atoms with Crippen LogP contribution in [0.25, 0.3) is 0 Å². The van der Waals surface area contributed by atoms with Gasteiger partial charge >= 0.3 is 0 Å². The van der Waals surface area contributed by atoms with Gasteiger partial charge in [-0.2, -0.15) is 0 Å². The molecule has 0 aliphatic carbocycles. The zero-order valence-electron chi connectivity index (χ0n) is 11.0. The van der Waals surface area contributed by atoms with Gasteiger partial charge in [-0.3, -0.25) is 0 Å². The summed E-state index contributed by atoms with van der Waals surface area (Å²) < 4.78 is 13.8. The van der Waals surface area contributed by atoms with Crippen molar-refractivity contribution in [3.8, 4) is 0 Å². The summed E-state index contributed by atoms with van der Waals surface area (Å²) in [6.07, 6.45) is 0. The summed E-state index contributed by atoms with van der Waals surface area (Å²) >= 11 is 6.01. The largest absolute Gasteiger partial charge is 0.342 e. The number of nitrogens with one attached hydrogen (secondary N) is 1.